The third-order valence-electron chi connectivity index (χ3n) is 3.79. The van der Waals surface area contributed by atoms with Gasteiger partial charge in [-0.1, -0.05) is 6.92 Å². The summed E-state index contributed by atoms with van der Waals surface area (Å²) in [6.07, 6.45) is 3.73. The van der Waals surface area contributed by atoms with Crippen molar-refractivity contribution >= 4 is 5.82 Å². The number of rotatable bonds is 7. The van der Waals surface area contributed by atoms with Crippen molar-refractivity contribution in [3.05, 3.63) is 18.1 Å². The molecular formula is C15H28N6. The highest BCUT2D eigenvalue weighted by Crippen LogP contribution is 2.12. The van der Waals surface area contributed by atoms with Crippen LogP contribution in [0.1, 0.15) is 12.6 Å². The van der Waals surface area contributed by atoms with E-state index in [-0.39, 0.29) is 0 Å². The maximum absolute atomic E-state index is 4.71. The Bertz CT molecular complexity index is 414. The van der Waals surface area contributed by atoms with Crippen LogP contribution in [0.4, 0.5) is 5.82 Å². The van der Waals surface area contributed by atoms with E-state index in [1.165, 1.54) is 0 Å². The average Bonchev–Trinajstić information content (AvgIpc) is 2.51. The number of piperazine rings is 1. The van der Waals surface area contributed by atoms with Crippen LogP contribution in [0.2, 0.25) is 0 Å². The van der Waals surface area contributed by atoms with E-state index in [0.717, 1.165) is 63.9 Å². The SMILES string of the molecule is CCNCc1cncc(N2CCN(CCN(C)C)CC2)n1. The summed E-state index contributed by atoms with van der Waals surface area (Å²) < 4.78 is 0. The van der Waals surface area contributed by atoms with Crippen LogP contribution in [0.15, 0.2) is 12.4 Å². The second-order valence-corrected chi connectivity index (χ2v) is 5.78. The number of nitrogens with one attached hydrogen (secondary N) is 1. The van der Waals surface area contributed by atoms with E-state index in [1.807, 2.05) is 12.4 Å². The highest BCUT2D eigenvalue weighted by Gasteiger charge is 2.18. The van der Waals surface area contributed by atoms with E-state index < -0.39 is 0 Å². The van der Waals surface area contributed by atoms with E-state index in [4.69, 9.17) is 4.98 Å². The number of likely N-dealkylation sites (N-methyl/N-ethyl adjacent to an activating group) is 1. The molecule has 0 aliphatic carbocycles. The summed E-state index contributed by atoms with van der Waals surface area (Å²) in [6, 6.07) is 0. The molecule has 118 valence electrons. The maximum atomic E-state index is 4.71. The van der Waals surface area contributed by atoms with Crippen LogP contribution in [0, 0.1) is 0 Å². The first-order valence-corrected chi connectivity index (χ1v) is 7.82. The molecule has 1 aliphatic heterocycles. The Labute approximate surface area is 128 Å². The van der Waals surface area contributed by atoms with Gasteiger partial charge in [-0.15, -0.1) is 0 Å². The minimum Gasteiger partial charge on any atom is -0.353 e. The summed E-state index contributed by atoms with van der Waals surface area (Å²) in [4.78, 5) is 16.1. The molecule has 21 heavy (non-hydrogen) atoms. The average molecular weight is 292 g/mol. The van der Waals surface area contributed by atoms with Gasteiger partial charge in [-0.3, -0.25) is 9.88 Å². The zero-order chi connectivity index (χ0) is 15.1. The molecule has 0 unspecified atom stereocenters. The molecule has 1 aromatic rings. The summed E-state index contributed by atoms with van der Waals surface area (Å²) in [5, 5.41) is 3.30. The summed E-state index contributed by atoms with van der Waals surface area (Å²) in [5.74, 6) is 1.01. The predicted octanol–water partition coefficient (Wildman–Crippen LogP) is 0.270. The van der Waals surface area contributed by atoms with E-state index in [0.29, 0.717) is 0 Å². The molecule has 2 rings (SSSR count). The molecule has 1 fully saturated rings. The van der Waals surface area contributed by atoms with Gasteiger partial charge in [-0.05, 0) is 20.6 Å². The number of aromatic nitrogens is 2. The highest BCUT2D eigenvalue weighted by atomic mass is 15.3. The molecule has 0 atom stereocenters. The summed E-state index contributed by atoms with van der Waals surface area (Å²) >= 11 is 0. The second kappa shape index (κ2) is 8.26. The molecule has 2 heterocycles. The quantitative estimate of drug-likeness (QED) is 0.778. The molecular weight excluding hydrogens is 264 g/mol. The monoisotopic (exact) mass is 292 g/mol. The van der Waals surface area contributed by atoms with Crippen LogP contribution in [0.3, 0.4) is 0 Å². The van der Waals surface area contributed by atoms with Crippen LogP contribution in [-0.2, 0) is 6.54 Å². The second-order valence-electron chi connectivity index (χ2n) is 5.78. The Kier molecular flexibility index (Phi) is 6.35. The maximum Gasteiger partial charge on any atom is 0.147 e. The normalized spacial score (nSPS) is 16.7. The molecule has 0 aromatic carbocycles. The van der Waals surface area contributed by atoms with Gasteiger partial charge in [-0.25, -0.2) is 4.98 Å². The van der Waals surface area contributed by atoms with Crippen molar-refractivity contribution in [3.63, 3.8) is 0 Å². The van der Waals surface area contributed by atoms with Gasteiger partial charge >= 0.3 is 0 Å². The molecule has 0 spiro atoms. The van der Waals surface area contributed by atoms with Crippen molar-refractivity contribution in [1.29, 1.82) is 0 Å². The lowest BCUT2D eigenvalue weighted by Crippen LogP contribution is -2.48. The lowest BCUT2D eigenvalue weighted by molar-refractivity contribution is 0.229. The van der Waals surface area contributed by atoms with Crippen molar-refractivity contribution in [2.24, 2.45) is 0 Å². The molecule has 6 heteroatoms. The largest absolute Gasteiger partial charge is 0.353 e. The Morgan fingerprint density at radius 3 is 2.62 bits per heavy atom. The fourth-order valence-corrected chi connectivity index (χ4v) is 2.43. The molecule has 1 aromatic heterocycles. The zero-order valence-corrected chi connectivity index (χ0v) is 13.5. The van der Waals surface area contributed by atoms with Gasteiger partial charge in [0.25, 0.3) is 0 Å². The lowest BCUT2D eigenvalue weighted by Gasteiger charge is -2.35. The van der Waals surface area contributed by atoms with Gasteiger partial charge in [-0.2, -0.15) is 0 Å². The molecule has 0 amide bonds. The molecule has 0 saturated carbocycles. The van der Waals surface area contributed by atoms with Crippen LogP contribution < -0.4 is 10.2 Å². The lowest BCUT2D eigenvalue weighted by atomic mass is 10.3. The van der Waals surface area contributed by atoms with Gasteiger partial charge < -0.3 is 15.1 Å². The topological polar surface area (TPSA) is 47.5 Å². The summed E-state index contributed by atoms with van der Waals surface area (Å²) in [7, 11) is 4.25. The first-order chi connectivity index (χ1) is 10.2. The van der Waals surface area contributed by atoms with E-state index in [2.05, 4.69) is 46.0 Å². The first kappa shape index (κ1) is 16.1. The minimum atomic E-state index is 0.792. The van der Waals surface area contributed by atoms with Crippen molar-refractivity contribution < 1.29 is 0 Å². The van der Waals surface area contributed by atoms with E-state index >= 15 is 0 Å². The predicted molar refractivity (Wildman–Crippen MR) is 86.6 cm³/mol. The van der Waals surface area contributed by atoms with E-state index in [9.17, 15) is 0 Å². The molecule has 1 aliphatic rings. The highest BCUT2D eigenvalue weighted by molar-refractivity contribution is 5.37. The Morgan fingerprint density at radius 2 is 1.95 bits per heavy atom. The third-order valence-corrected chi connectivity index (χ3v) is 3.79. The Hall–Kier alpha value is -1.24. The van der Waals surface area contributed by atoms with Crippen molar-refractivity contribution in [2.75, 3.05) is 64.8 Å². The van der Waals surface area contributed by atoms with Crippen LogP contribution >= 0.6 is 0 Å². The van der Waals surface area contributed by atoms with Crippen molar-refractivity contribution in [2.45, 2.75) is 13.5 Å². The number of nitrogens with zero attached hydrogens (tertiary/aromatic N) is 5. The third kappa shape index (κ3) is 5.22. The van der Waals surface area contributed by atoms with Gasteiger partial charge in [0.1, 0.15) is 5.82 Å². The Morgan fingerprint density at radius 1 is 1.19 bits per heavy atom. The van der Waals surface area contributed by atoms with Crippen LogP contribution in [-0.4, -0.2) is 79.7 Å². The smallest absolute Gasteiger partial charge is 0.147 e. The summed E-state index contributed by atoms with van der Waals surface area (Å²) in [6.45, 7) is 10.4. The first-order valence-electron chi connectivity index (χ1n) is 7.82. The zero-order valence-electron chi connectivity index (χ0n) is 13.5. The standard InChI is InChI=1S/C15H28N6/c1-4-16-11-14-12-17-13-15(18-14)21-9-7-20(8-10-21)6-5-19(2)3/h12-13,16H,4-11H2,1-3H3. The van der Waals surface area contributed by atoms with Crippen molar-refractivity contribution in [3.8, 4) is 0 Å². The molecule has 6 nitrogen and oxygen atoms in total. The molecule has 1 N–H and O–H groups in total. The van der Waals surface area contributed by atoms with Gasteiger partial charge in [0.2, 0.25) is 0 Å². The van der Waals surface area contributed by atoms with Crippen molar-refractivity contribution in [1.82, 2.24) is 25.1 Å². The van der Waals surface area contributed by atoms with Gasteiger partial charge in [0.15, 0.2) is 0 Å². The molecule has 1 saturated heterocycles. The minimum absolute atomic E-state index is 0.792. The molecule has 0 radical (unpaired) electrons. The number of anilines is 1. The fraction of sp³-hybridized carbons (Fsp3) is 0.733. The summed E-state index contributed by atoms with van der Waals surface area (Å²) in [5.41, 5.74) is 1.02. The van der Waals surface area contributed by atoms with Gasteiger partial charge in [0.05, 0.1) is 11.9 Å². The van der Waals surface area contributed by atoms with Crippen LogP contribution in [0.25, 0.3) is 0 Å². The number of hydrogen-bond acceptors (Lipinski definition) is 6. The van der Waals surface area contributed by atoms with E-state index in [1.54, 1.807) is 0 Å². The van der Waals surface area contributed by atoms with Gasteiger partial charge in [0, 0.05) is 52.0 Å². The Balaban J connectivity index is 1.84. The fourth-order valence-electron chi connectivity index (χ4n) is 2.43. The molecule has 0 bridgehead atoms. The van der Waals surface area contributed by atoms with Crippen LogP contribution in [0.5, 0.6) is 0 Å². The number of hydrogen-bond donors (Lipinski definition) is 1.